The predicted octanol–water partition coefficient (Wildman–Crippen LogP) is 0.955. The molecule has 1 saturated carbocycles. The Hall–Kier alpha value is -2.41. The Bertz CT molecular complexity index is 652. The van der Waals surface area contributed by atoms with Gasteiger partial charge in [-0.15, -0.1) is 0 Å². The fraction of sp³-hybridized carbons (Fsp3) is 0.526. The highest BCUT2D eigenvalue weighted by Gasteiger charge is 2.35. The van der Waals surface area contributed by atoms with Gasteiger partial charge in [-0.1, -0.05) is 30.3 Å². The molecule has 0 unspecified atom stereocenters. The largest absolute Gasteiger partial charge is 0.340 e. The summed E-state index contributed by atoms with van der Waals surface area (Å²) in [6, 6.07) is 8.63. The Morgan fingerprint density at radius 3 is 2.35 bits per heavy atom. The van der Waals surface area contributed by atoms with E-state index in [9.17, 15) is 14.4 Å². The van der Waals surface area contributed by atoms with Gasteiger partial charge in [-0.05, 0) is 25.3 Å². The molecule has 2 N–H and O–H groups in total. The van der Waals surface area contributed by atoms with Gasteiger partial charge in [0.25, 0.3) is 0 Å². The lowest BCUT2D eigenvalue weighted by atomic mass is 10.2. The second-order valence-corrected chi connectivity index (χ2v) is 6.97. The number of urea groups is 1. The first-order valence-electron chi connectivity index (χ1n) is 9.20. The number of rotatable bonds is 5. The van der Waals surface area contributed by atoms with E-state index in [2.05, 4.69) is 10.6 Å². The second kappa shape index (κ2) is 8.31. The second-order valence-electron chi connectivity index (χ2n) is 6.97. The number of carbonyl (C=O) groups is 3. The number of nitrogens with zero attached hydrogens (tertiary/aromatic N) is 2. The van der Waals surface area contributed by atoms with Gasteiger partial charge in [0.05, 0.1) is 6.04 Å². The molecule has 0 spiro atoms. The average molecular weight is 358 g/mol. The molecule has 0 radical (unpaired) electrons. The zero-order valence-electron chi connectivity index (χ0n) is 15.1. The first-order valence-corrected chi connectivity index (χ1v) is 9.20. The van der Waals surface area contributed by atoms with E-state index in [4.69, 9.17) is 0 Å². The molecule has 1 aromatic carbocycles. The molecule has 2 aliphatic rings. The fourth-order valence-electron chi connectivity index (χ4n) is 3.12. The highest BCUT2D eigenvalue weighted by Crippen LogP contribution is 2.31. The average Bonchev–Trinajstić information content (AvgIpc) is 3.51. The standard InChI is InChI=1S/C19H26N4O3/c1-14(22-9-11-23(12-10-22)18(25)16-7-8-16)17(24)21-19(26)20-13-15-5-3-2-4-6-15/h2-6,14,16H,7-13H2,1H3,(H2,20,21,24,26)/t14-/m0/s1. The molecule has 1 atom stereocenters. The van der Waals surface area contributed by atoms with Crippen LogP contribution in [0.5, 0.6) is 0 Å². The summed E-state index contributed by atoms with van der Waals surface area (Å²) in [5, 5.41) is 5.09. The molecule has 140 valence electrons. The third-order valence-corrected chi connectivity index (χ3v) is 5.01. The number of hydrogen-bond donors (Lipinski definition) is 2. The van der Waals surface area contributed by atoms with Gasteiger partial charge in [-0.3, -0.25) is 19.8 Å². The van der Waals surface area contributed by atoms with Crippen LogP contribution in [0.4, 0.5) is 4.79 Å². The molecular formula is C19H26N4O3. The van der Waals surface area contributed by atoms with E-state index in [0.717, 1.165) is 18.4 Å². The molecule has 1 aromatic rings. The van der Waals surface area contributed by atoms with E-state index in [-0.39, 0.29) is 17.7 Å². The number of hydrogen-bond acceptors (Lipinski definition) is 4. The monoisotopic (exact) mass is 358 g/mol. The number of piperazine rings is 1. The van der Waals surface area contributed by atoms with Crippen molar-refractivity contribution >= 4 is 17.8 Å². The molecule has 7 nitrogen and oxygen atoms in total. The molecule has 0 bridgehead atoms. The van der Waals surface area contributed by atoms with E-state index in [1.165, 1.54) is 0 Å². The first-order chi connectivity index (χ1) is 12.5. The van der Waals surface area contributed by atoms with Gasteiger partial charge in [0, 0.05) is 38.6 Å². The molecule has 2 fully saturated rings. The fourth-order valence-corrected chi connectivity index (χ4v) is 3.12. The van der Waals surface area contributed by atoms with Crippen molar-refractivity contribution in [2.75, 3.05) is 26.2 Å². The van der Waals surface area contributed by atoms with Gasteiger partial charge in [0.1, 0.15) is 0 Å². The highest BCUT2D eigenvalue weighted by molar-refractivity contribution is 5.96. The van der Waals surface area contributed by atoms with E-state index in [1.54, 1.807) is 6.92 Å². The Balaban J connectivity index is 1.40. The van der Waals surface area contributed by atoms with Gasteiger partial charge in [-0.2, -0.15) is 0 Å². The molecule has 7 heteroatoms. The number of carbonyl (C=O) groups excluding carboxylic acids is 3. The van der Waals surface area contributed by atoms with Crippen LogP contribution >= 0.6 is 0 Å². The SMILES string of the molecule is C[C@@H](C(=O)NC(=O)NCc1ccccc1)N1CCN(C(=O)C2CC2)CC1. The van der Waals surface area contributed by atoms with Crippen LogP contribution in [0.15, 0.2) is 30.3 Å². The maximum atomic E-state index is 12.3. The van der Waals surface area contributed by atoms with Crippen molar-refractivity contribution in [3.05, 3.63) is 35.9 Å². The van der Waals surface area contributed by atoms with Crippen molar-refractivity contribution in [3.63, 3.8) is 0 Å². The van der Waals surface area contributed by atoms with Crippen LogP contribution in [0.3, 0.4) is 0 Å². The quantitative estimate of drug-likeness (QED) is 0.821. The van der Waals surface area contributed by atoms with Crippen molar-refractivity contribution in [1.29, 1.82) is 0 Å². The molecule has 26 heavy (non-hydrogen) atoms. The summed E-state index contributed by atoms with van der Waals surface area (Å²) in [5.41, 5.74) is 0.972. The highest BCUT2D eigenvalue weighted by atomic mass is 16.2. The number of amides is 4. The molecule has 4 amide bonds. The lowest BCUT2D eigenvalue weighted by Gasteiger charge is -2.37. The third-order valence-electron chi connectivity index (χ3n) is 5.01. The lowest BCUT2D eigenvalue weighted by molar-refractivity contribution is -0.135. The van der Waals surface area contributed by atoms with Crippen molar-refractivity contribution < 1.29 is 14.4 Å². The van der Waals surface area contributed by atoms with Crippen molar-refractivity contribution in [1.82, 2.24) is 20.4 Å². The van der Waals surface area contributed by atoms with Crippen LogP contribution in [-0.2, 0) is 16.1 Å². The summed E-state index contributed by atoms with van der Waals surface area (Å²) in [6.45, 7) is 4.76. The van der Waals surface area contributed by atoms with Gasteiger partial charge >= 0.3 is 6.03 Å². The Kier molecular flexibility index (Phi) is 5.88. The smallest absolute Gasteiger partial charge is 0.321 e. The minimum Gasteiger partial charge on any atom is -0.340 e. The zero-order valence-corrected chi connectivity index (χ0v) is 15.1. The topological polar surface area (TPSA) is 81.8 Å². The van der Waals surface area contributed by atoms with Crippen molar-refractivity contribution in [2.24, 2.45) is 5.92 Å². The zero-order chi connectivity index (χ0) is 18.5. The molecular weight excluding hydrogens is 332 g/mol. The Morgan fingerprint density at radius 2 is 1.73 bits per heavy atom. The van der Waals surface area contributed by atoms with E-state index in [0.29, 0.717) is 32.7 Å². The molecule has 3 rings (SSSR count). The van der Waals surface area contributed by atoms with Gasteiger partial charge in [-0.25, -0.2) is 4.79 Å². The van der Waals surface area contributed by atoms with Crippen molar-refractivity contribution in [3.8, 4) is 0 Å². The minimum atomic E-state index is -0.492. The number of imide groups is 1. The number of nitrogens with one attached hydrogen (secondary N) is 2. The summed E-state index contributed by atoms with van der Waals surface area (Å²) in [6.07, 6.45) is 2.02. The van der Waals surface area contributed by atoms with Gasteiger partial charge in [0.15, 0.2) is 0 Å². The third kappa shape index (κ3) is 4.82. The van der Waals surface area contributed by atoms with Gasteiger partial charge in [0.2, 0.25) is 11.8 Å². The molecule has 1 saturated heterocycles. The maximum Gasteiger partial charge on any atom is 0.321 e. The van der Waals surface area contributed by atoms with Crippen LogP contribution < -0.4 is 10.6 Å². The predicted molar refractivity (Wildman–Crippen MR) is 97.2 cm³/mol. The summed E-state index contributed by atoms with van der Waals surface area (Å²) in [7, 11) is 0. The van der Waals surface area contributed by atoms with Gasteiger partial charge < -0.3 is 10.2 Å². The van der Waals surface area contributed by atoms with Crippen LogP contribution in [0, 0.1) is 5.92 Å². The van der Waals surface area contributed by atoms with E-state index >= 15 is 0 Å². The molecule has 1 aliphatic carbocycles. The van der Waals surface area contributed by atoms with Crippen LogP contribution in [0.1, 0.15) is 25.3 Å². The summed E-state index contributed by atoms with van der Waals surface area (Å²) >= 11 is 0. The Labute approximate surface area is 153 Å². The molecule has 1 heterocycles. The summed E-state index contributed by atoms with van der Waals surface area (Å²) < 4.78 is 0. The molecule has 0 aromatic heterocycles. The Morgan fingerprint density at radius 1 is 1.08 bits per heavy atom. The summed E-state index contributed by atoms with van der Waals surface area (Å²) in [4.78, 5) is 40.2. The first kappa shape index (κ1) is 18.4. The molecule has 1 aliphatic heterocycles. The minimum absolute atomic E-state index is 0.232. The van der Waals surface area contributed by atoms with Crippen LogP contribution in [0.25, 0.3) is 0 Å². The van der Waals surface area contributed by atoms with E-state index < -0.39 is 12.1 Å². The van der Waals surface area contributed by atoms with Crippen molar-refractivity contribution in [2.45, 2.75) is 32.4 Å². The lowest BCUT2D eigenvalue weighted by Crippen LogP contribution is -2.56. The number of benzene rings is 1. The maximum absolute atomic E-state index is 12.3. The van der Waals surface area contributed by atoms with E-state index in [1.807, 2.05) is 40.1 Å². The summed E-state index contributed by atoms with van der Waals surface area (Å²) in [5.74, 6) is 0.162. The normalized spacial score (nSPS) is 18.9. The van der Waals surface area contributed by atoms with Crippen LogP contribution in [-0.4, -0.2) is 59.9 Å². The van der Waals surface area contributed by atoms with Crippen LogP contribution in [0.2, 0.25) is 0 Å².